The Kier molecular flexibility index (Phi) is 4.31. The Morgan fingerprint density at radius 1 is 1.30 bits per heavy atom. The van der Waals surface area contributed by atoms with Crippen LogP contribution in [0.25, 0.3) is 0 Å². The summed E-state index contributed by atoms with van der Waals surface area (Å²) < 4.78 is 0. The average molecular weight is 387 g/mol. The van der Waals surface area contributed by atoms with E-state index in [-0.39, 0.29) is 23.3 Å². The van der Waals surface area contributed by atoms with Crippen molar-refractivity contribution in [2.75, 3.05) is 26.2 Å². The maximum absolute atomic E-state index is 13.0. The lowest BCUT2D eigenvalue weighted by Crippen LogP contribution is -2.48. The number of carbonyl (C=O) groups excluding carboxylic acids is 1. The first-order valence-electron chi connectivity index (χ1n) is 9.96. The van der Waals surface area contributed by atoms with E-state index in [1.165, 1.54) is 4.88 Å². The second kappa shape index (κ2) is 6.71. The van der Waals surface area contributed by atoms with Crippen LogP contribution in [0.1, 0.15) is 36.3 Å². The molecule has 5 rings (SSSR count). The first-order chi connectivity index (χ1) is 13.2. The molecule has 4 heterocycles. The fraction of sp³-hybridized carbons (Fsp3) is 0.650. The summed E-state index contributed by atoms with van der Waals surface area (Å²) in [4.78, 5) is 28.9. The van der Waals surface area contributed by atoms with Crippen molar-refractivity contribution in [2.45, 2.75) is 45.3 Å². The predicted octanol–water partition coefficient (Wildman–Crippen LogP) is 2.60. The van der Waals surface area contributed by atoms with Crippen LogP contribution in [0.15, 0.2) is 22.8 Å². The van der Waals surface area contributed by atoms with Crippen LogP contribution in [0.4, 0.5) is 0 Å². The van der Waals surface area contributed by atoms with Gasteiger partial charge in [0.05, 0.1) is 17.1 Å². The van der Waals surface area contributed by atoms with Gasteiger partial charge in [-0.25, -0.2) is 4.98 Å². The number of carbonyl (C=O) groups is 1. The Labute approximate surface area is 163 Å². The molecular weight excluding hydrogens is 360 g/mol. The van der Waals surface area contributed by atoms with Crippen molar-refractivity contribution in [3.63, 3.8) is 0 Å². The molecule has 0 radical (unpaired) electrons. The largest absolute Gasteiger partial charge is 0.391 e. The fourth-order valence-corrected chi connectivity index (χ4v) is 6.10. The van der Waals surface area contributed by atoms with E-state index in [1.807, 2.05) is 10.4 Å². The van der Waals surface area contributed by atoms with Crippen molar-refractivity contribution in [3.05, 3.63) is 28.2 Å². The van der Waals surface area contributed by atoms with Crippen LogP contribution in [0.2, 0.25) is 0 Å². The van der Waals surface area contributed by atoms with Crippen LogP contribution in [0, 0.1) is 18.3 Å². The Hall–Kier alpha value is -1.73. The summed E-state index contributed by atoms with van der Waals surface area (Å²) in [6.45, 7) is 6.64. The maximum Gasteiger partial charge on any atom is 0.272 e. The highest BCUT2D eigenvalue weighted by Crippen LogP contribution is 2.54. The predicted molar refractivity (Wildman–Crippen MR) is 105 cm³/mol. The molecule has 1 aromatic rings. The van der Waals surface area contributed by atoms with Gasteiger partial charge < -0.3 is 9.74 Å². The van der Waals surface area contributed by atoms with Gasteiger partial charge in [-0.05, 0) is 51.1 Å². The second-order valence-corrected chi connectivity index (χ2v) is 9.26. The van der Waals surface area contributed by atoms with Gasteiger partial charge in [-0.2, -0.15) is 0 Å². The molecule has 4 aliphatic rings. The highest BCUT2D eigenvalue weighted by atomic mass is 32.1. The number of nitrogens with zero attached hydrogens (tertiary/aromatic N) is 4. The number of aromatic nitrogens is 1. The second-order valence-electron chi connectivity index (χ2n) is 8.32. The van der Waals surface area contributed by atoms with Crippen molar-refractivity contribution >= 4 is 23.0 Å². The molecule has 6 nitrogen and oxygen atoms in total. The summed E-state index contributed by atoms with van der Waals surface area (Å²) >= 11 is 1.75. The number of thiazole rings is 1. The molecule has 0 aromatic carbocycles. The van der Waals surface area contributed by atoms with Gasteiger partial charge in [0.1, 0.15) is 6.10 Å². The van der Waals surface area contributed by atoms with Crippen LogP contribution in [0.5, 0.6) is 0 Å². The summed E-state index contributed by atoms with van der Waals surface area (Å²) in [5.74, 6) is 0.259. The molecule has 0 N–H and O–H groups in total. The third-order valence-electron chi connectivity index (χ3n) is 6.93. The van der Waals surface area contributed by atoms with E-state index < -0.39 is 0 Å². The number of amides is 1. The van der Waals surface area contributed by atoms with E-state index in [2.05, 4.69) is 34.1 Å². The molecule has 1 saturated heterocycles. The zero-order chi connectivity index (χ0) is 18.4. The number of likely N-dealkylation sites (tertiary alicyclic amines) is 1. The molecule has 144 valence electrons. The third-order valence-corrected chi connectivity index (χ3v) is 7.85. The van der Waals surface area contributed by atoms with E-state index in [4.69, 9.17) is 4.84 Å². The lowest BCUT2D eigenvalue weighted by molar-refractivity contribution is -0.123. The van der Waals surface area contributed by atoms with E-state index >= 15 is 0 Å². The molecule has 1 amide bonds. The van der Waals surface area contributed by atoms with E-state index in [0.717, 1.165) is 51.0 Å². The van der Waals surface area contributed by atoms with Crippen molar-refractivity contribution < 1.29 is 9.63 Å². The monoisotopic (exact) mass is 386 g/mol. The van der Waals surface area contributed by atoms with Gasteiger partial charge in [-0.1, -0.05) is 17.3 Å². The quantitative estimate of drug-likeness (QED) is 0.750. The van der Waals surface area contributed by atoms with Crippen molar-refractivity contribution in [2.24, 2.45) is 16.5 Å². The standard InChI is InChI=1S/C20H26N4O2S/c1-14-16(27-13-21-14)12-23-10-6-20(7-11-23)5-4-15-17(20)18(22-26-15)19(25)24-8-2-3-9-24/h2-3,13,15,17H,4-12H2,1H3/t15-,17+/m0/s1. The minimum Gasteiger partial charge on any atom is -0.391 e. The van der Waals surface area contributed by atoms with E-state index in [0.29, 0.717) is 18.8 Å². The average Bonchev–Trinajstić information content (AvgIpc) is 3.45. The number of hydrogen-bond acceptors (Lipinski definition) is 6. The number of hydrogen-bond donors (Lipinski definition) is 0. The molecular formula is C20H26N4O2S. The number of oxime groups is 1. The number of fused-ring (bicyclic) bond motifs is 2. The zero-order valence-electron chi connectivity index (χ0n) is 15.8. The normalized spacial score (nSPS) is 29.2. The molecule has 3 aliphatic heterocycles. The lowest BCUT2D eigenvalue weighted by atomic mass is 9.68. The Balaban J connectivity index is 1.28. The summed E-state index contributed by atoms with van der Waals surface area (Å²) in [5.41, 5.74) is 3.97. The van der Waals surface area contributed by atoms with Gasteiger partial charge >= 0.3 is 0 Å². The number of piperidine rings is 1. The van der Waals surface area contributed by atoms with E-state index in [9.17, 15) is 4.79 Å². The fourth-order valence-electron chi connectivity index (χ4n) is 5.28. The molecule has 1 saturated carbocycles. The Morgan fingerprint density at radius 3 is 2.78 bits per heavy atom. The number of rotatable bonds is 3. The molecule has 1 aliphatic carbocycles. The van der Waals surface area contributed by atoms with Gasteiger partial charge in [0.2, 0.25) is 0 Å². The zero-order valence-corrected chi connectivity index (χ0v) is 16.6. The maximum atomic E-state index is 13.0. The van der Waals surface area contributed by atoms with Crippen molar-refractivity contribution in [1.82, 2.24) is 14.8 Å². The minimum atomic E-state index is 0.0801. The van der Waals surface area contributed by atoms with Gasteiger partial charge in [-0.15, -0.1) is 11.3 Å². The number of aryl methyl sites for hydroxylation is 1. The van der Waals surface area contributed by atoms with E-state index in [1.54, 1.807) is 11.3 Å². The van der Waals surface area contributed by atoms with Gasteiger partial charge in [-0.3, -0.25) is 9.69 Å². The molecule has 1 spiro atoms. The molecule has 27 heavy (non-hydrogen) atoms. The third kappa shape index (κ3) is 2.91. The van der Waals surface area contributed by atoms with Crippen LogP contribution >= 0.6 is 11.3 Å². The van der Waals surface area contributed by atoms with Crippen LogP contribution in [-0.2, 0) is 16.2 Å². The minimum absolute atomic E-state index is 0.0801. The van der Waals surface area contributed by atoms with Crippen LogP contribution in [-0.4, -0.2) is 58.7 Å². The summed E-state index contributed by atoms with van der Waals surface area (Å²) in [6, 6.07) is 0. The van der Waals surface area contributed by atoms with Gasteiger partial charge in [0, 0.05) is 24.5 Å². The SMILES string of the molecule is Cc1ncsc1CN1CCC2(CC[C@@H]3ON=C(C(=O)N4CC=CC4)[C@@H]32)CC1. The van der Waals surface area contributed by atoms with Crippen LogP contribution in [0.3, 0.4) is 0 Å². The molecule has 0 bridgehead atoms. The molecule has 2 atom stereocenters. The van der Waals surface area contributed by atoms with Crippen molar-refractivity contribution in [1.29, 1.82) is 0 Å². The topological polar surface area (TPSA) is 58.0 Å². The Bertz CT molecular complexity index is 786. The first kappa shape index (κ1) is 17.4. The molecule has 2 fully saturated rings. The summed E-state index contributed by atoms with van der Waals surface area (Å²) in [5, 5.41) is 4.28. The highest BCUT2D eigenvalue weighted by molar-refractivity contribution is 7.09. The van der Waals surface area contributed by atoms with Gasteiger partial charge in [0.25, 0.3) is 5.91 Å². The smallest absolute Gasteiger partial charge is 0.272 e. The molecule has 1 aromatic heterocycles. The van der Waals surface area contributed by atoms with Crippen molar-refractivity contribution in [3.8, 4) is 0 Å². The molecule has 0 unspecified atom stereocenters. The van der Waals surface area contributed by atoms with Crippen LogP contribution < -0.4 is 0 Å². The highest BCUT2D eigenvalue weighted by Gasteiger charge is 2.57. The lowest BCUT2D eigenvalue weighted by Gasteiger charge is -2.42. The Morgan fingerprint density at radius 2 is 2.07 bits per heavy atom. The first-order valence-corrected chi connectivity index (χ1v) is 10.8. The summed E-state index contributed by atoms with van der Waals surface area (Å²) in [6.07, 6.45) is 8.64. The molecule has 7 heteroatoms. The van der Waals surface area contributed by atoms with Gasteiger partial charge in [0.15, 0.2) is 5.71 Å². The summed E-state index contributed by atoms with van der Waals surface area (Å²) in [7, 11) is 0.